The highest BCUT2D eigenvalue weighted by molar-refractivity contribution is 9.10. The highest BCUT2D eigenvalue weighted by Crippen LogP contribution is 2.59. The summed E-state index contributed by atoms with van der Waals surface area (Å²) in [5, 5.41) is 5.41. The maximum atomic E-state index is 14.6. The molecule has 3 atom stereocenters. The minimum absolute atomic E-state index is 0.0142. The number of thiophene rings is 1. The number of esters is 1. The predicted molar refractivity (Wildman–Crippen MR) is 200 cm³/mol. The lowest BCUT2D eigenvalue weighted by molar-refractivity contribution is -0.150. The van der Waals surface area contributed by atoms with Gasteiger partial charge < -0.3 is 39.7 Å². The molecule has 1 unspecified atom stereocenters. The number of ether oxygens (including phenoxy) is 2. The average Bonchev–Trinajstić information content (AvgIpc) is 3.73. The van der Waals surface area contributed by atoms with E-state index in [-0.39, 0.29) is 48.7 Å². The molecule has 19 heteroatoms. The molecule has 4 N–H and O–H groups in total. The molecule has 0 bridgehead atoms. The van der Waals surface area contributed by atoms with Crippen LogP contribution in [0, 0.1) is 5.41 Å². The molecule has 1 aliphatic heterocycles. The van der Waals surface area contributed by atoms with E-state index in [2.05, 4.69) is 26.6 Å². The van der Waals surface area contributed by atoms with Gasteiger partial charge in [-0.2, -0.15) is 8.78 Å². The Morgan fingerprint density at radius 2 is 1.76 bits per heavy atom. The van der Waals surface area contributed by atoms with Crippen LogP contribution in [0.5, 0.6) is 0 Å². The van der Waals surface area contributed by atoms with Gasteiger partial charge in [-0.15, -0.1) is 11.3 Å². The first-order chi connectivity index (χ1) is 25.2. The molecule has 0 aliphatic carbocycles. The summed E-state index contributed by atoms with van der Waals surface area (Å²) in [5.74, 6) is -2.84. The van der Waals surface area contributed by atoms with Crippen LogP contribution in [0.25, 0.3) is 10.1 Å². The molecule has 1 saturated heterocycles. The topological polar surface area (TPSA) is 192 Å². The minimum Gasteiger partial charge on any atom is -0.464 e. The summed E-state index contributed by atoms with van der Waals surface area (Å²) in [7, 11) is -4.36. The highest BCUT2D eigenvalue weighted by Gasteiger charge is 2.50. The molecular formula is C35H42BrF2N4O10PS. The fourth-order valence-corrected chi connectivity index (χ4v) is 7.50. The second kappa shape index (κ2) is 17.3. The fraction of sp³-hybridized carbons (Fsp3) is 0.457. The molecule has 2 aromatic carbocycles. The van der Waals surface area contributed by atoms with Gasteiger partial charge >= 0.3 is 19.2 Å². The van der Waals surface area contributed by atoms with Crippen molar-refractivity contribution in [2.45, 2.75) is 64.4 Å². The quantitative estimate of drug-likeness (QED) is 0.130. The van der Waals surface area contributed by atoms with Crippen LogP contribution in [0.1, 0.15) is 55.8 Å². The minimum atomic E-state index is -5.84. The van der Waals surface area contributed by atoms with Gasteiger partial charge in [0, 0.05) is 53.4 Å². The zero-order chi connectivity index (χ0) is 40.2. The smallest absolute Gasteiger partial charge is 0.399 e. The van der Waals surface area contributed by atoms with Crippen LogP contribution < -0.4 is 15.5 Å². The van der Waals surface area contributed by atoms with Crippen molar-refractivity contribution >= 4 is 80.2 Å². The van der Waals surface area contributed by atoms with Crippen molar-refractivity contribution in [2.75, 3.05) is 38.3 Å². The van der Waals surface area contributed by atoms with Gasteiger partial charge in [-0.25, -0.2) is 4.79 Å². The number of anilines is 1. The second-order valence-electron chi connectivity index (χ2n) is 13.6. The Bertz CT molecular complexity index is 1930. The van der Waals surface area contributed by atoms with Crippen molar-refractivity contribution in [3.8, 4) is 0 Å². The van der Waals surface area contributed by atoms with Crippen molar-refractivity contribution in [1.29, 1.82) is 0 Å². The van der Waals surface area contributed by atoms with E-state index in [4.69, 9.17) is 9.47 Å². The van der Waals surface area contributed by atoms with Crippen LogP contribution in [0.15, 0.2) is 53.0 Å². The third-order valence-corrected chi connectivity index (χ3v) is 11.3. The number of rotatable bonds is 14. The fourth-order valence-electron chi connectivity index (χ4n) is 5.82. The number of nitrogens with zero attached hydrogens (tertiary/aromatic N) is 2. The number of carbonyl (C=O) groups excluding carboxylic acids is 5. The number of halogens is 3. The van der Waals surface area contributed by atoms with E-state index in [1.165, 1.54) is 29.0 Å². The van der Waals surface area contributed by atoms with E-state index in [0.29, 0.717) is 10.4 Å². The van der Waals surface area contributed by atoms with Gasteiger partial charge in [0.15, 0.2) is 0 Å². The Morgan fingerprint density at radius 1 is 1.09 bits per heavy atom. The monoisotopic (exact) mass is 858 g/mol. The first kappa shape index (κ1) is 42.9. The van der Waals surface area contributed by atoms with Crippen LogP contribution in [0.3, 0.4) is 0 Å². The molecule has 0 radical (unpaired) electrons. The molecule has 1 fully saturated rings. The molecule has 1 aliphatic rings. The van der Waals surface area contributed by atoms with Crippen LogP contribution in [0.2, 0.25) is 0 Å². The Labute approximate surface area is 322 Å². The first-order valence-electron chi connectivity index (χ1n) is 16.8. The van der Waals surface area contributed by atoms with Gasteiger partial charge in [0.1, 0.15) is 18.7 Å². The van der Waals surface area contributed by atoms with Crippen molar-refractivity contribution in [3.63, 3.8) is 0 Å². The number of amides is 4. The lowest BCUT2D eigenvalue weighted by atomic mass is 9.85. The zero-order valence-electron chi connectivity index (χ0n) is 30.1. The van der Waals surface area contributed by atoms with Crippen LogP contribution in [-0.4, -0.2) is 95.8 Å². The number of benzene rings is 2. The summed E-state index contributed by atoms with van der Waals surface area (Å²) in [6.45, 7) is 6.30. The number of carbonyl (C=O) groups is 5. The van der Waals surface area contributed by atoms with Gasteiger partial charge in [0.05, 0.1) is 17.6 Å². The van der Waals surface area contributed by atoms with E-state index in [1.54, 1.807) is 52.0 Å². The van der Waals surface area contributed by atoms with Gasteiger partial charge in [0.25, 0.3) is 5.91 Å². The molecule has 54 heavy (non-hydrogen) atoms. The Balaban J connectivity index is 1.67. The summed E-state index contributed by atoms with van der Waals surface area (Å²) >= 11 is 4.30. The number of alkyl halides is 2. The van der Waals surface area contributed by atoms with E-state index < -0.39 is 72.7 Å². The van der Waals surface area contributed by atoms with Crippen molar-refractivity contribution in [3.05, 3.63) is 63.4 Å². The molecule has 14 nitrogen and oxygen atoms in total. The number of hydrogen-bond donors (Lipinski definition) is 4. The zero-order valence-corrected chi connectivity index (χ0v) is 33.4. The third-order valence-electron chi connectivity index (χ3n) is 8.66. The molecule has 4 amide bonds. The molecule has 2 heterocycles. The summed E-state index contributed by atoms with van der Waals surface area (Å²) < 4.78 is 52.2. The standard InChI is InChI=1S/C35H42BrF2N4O10PS/c1-6-51-29(44)19-52-24-17-25(32(46)41(14-13-28(43)39-5)23-10-8-22(36)9-11-23)42(18-24)33(47)30(34(2,3)4)40-31(45)27-16-20-15-21(7-12-26(20)54-27)35(37,38)53(48,49)50/h7-12,15-16,24-25,30H,6,13-14,17-19H2,1-5H3,(H,39,43)(H,40,45)(H2,48,49,50)/t24-,25-,30?/m0/s1. The van der Waals surface area contributed by atoms with Crippen LogP contribution >= 0.6 is 34.9 Å². The summed E-state index contributed by atoms with van der Waals surface area (Å²) in [4.78, 5) is 88.2. The molecule has 3 aromatic rings. The Morgan fingerprint density at radius 3 is 2.35 bits per heavy atom. The number of likely N-dealkylation sites (tertiary alicyclic amines) is 1. The van der Waals surface area contributed by atoms with Crippen LogP contribution in [-0.2, 0) is 38.9 Å². The van der Waals surface area contributed by atoms with Crippen LogP contribution in [0.4, 0.5) is 14.5 Å². The molecule has 0 saturated carbocycles. The van der Waals surface area contributed by atoms with Crippen molar-refractivity contribution in [2.24, 2.45) is 5.41 Å². The largest absolute Gasteiger partial charge is 0.464 e. The maximum absolute atomic E-state index is 14.6. The van der Waals surface area contributed by atoms with Gasteiger partial charge in [-0.05, 0) is 60.2 Å². The average molecular weight is 860 g/mol. The predicted octanol–water partition coefficient (Wildman–Crippen LogP) is 4.75. The van der Waals surface area contributed by atoms with Crippen molar-refractivity contribution in [1.82, 2.24) is 15.5 Å². The molecule has 0 spiro atoms. The number of hydrogen-bond acceptors (Lipinski definition) is 9. The SMILES string of the molecule is CCOC(=O)CO[C@H]1C[C@@H](C(=O)N(CCC(=O)NC)c2ccc(Br)cc2)N(C(=O)C(NC(=O)c2cc3cc(C(F)(F)P(=O)(O)O)ccc3s2)C(C)(C)C)C1. The van der Waals surface area contributed by atoms with E-state index in [9.17, 15) is 47.1 Å². The molecular weight excluding hydrogens is 817 g/mol. The third kappa shape index (κ3) is 10.1. The second-order valence-corrected chi connectivity index (χ2v) is 17.2. The summed E-state index contributed by atoms with van der Waals surface area (Å²) in [6.07, 6.45) is -0.840. The van der Waals surface area contributed by atoms with Crippen molar-refractivity contribution < 1.29 is 56.6 Å². The first-order valence-corrected chi connectivity index (χ1v) is 20.0. The number of fused-ring (bicyclic) bond motifs is 1. The van der Waals surface area contributed by atoms with E-state index in [1.807, 2.05) is 0 Å². The molecule has 4 rings (SSSR count). The Hall–Kier alpha value is -3.80. The summed E-state index contributed by atoms with van der Waals surface area (Å²) in [6, 6.07) is 8.70. The summed E-state index contributed by atoms with van der Waals surface area (Å²) in [5.41, 5.74) is -5.86. The number of nitrogens with one attached hydrogen (secondary N) is 2. The lowest BCUT2D eigenvalue weighted by Gasteiger charge is -2.36. The highest BCUT2D eigenvalue weighted by atomic mass is 79.9. The van der Waals surface area contributed by atoms with Gasteiger partial charge in [-0.1, -0.05) is 42.8 Å². The van der Waals surface area contributed by atoms with E-state index >= 15 is 0 Å². The molecule has 294 valence electrons. The molecule has 1 aromatic heterocycles. The Kier molecular flexibility index (Phi) is 13.8. The normalized spacial score (nSPS) is 16.9. The van der Waals surface area contributed by atoms with Gasteiger partial charge in [-0.3, -0.25) is 23.7 Å². The lowest BCUT2D eigenvalue weighted by Crippen LogP contribution is -2.58. The van der Waals surface area contributed by atoms with Gasteiger partial charge in [0.2, 0.25) is 17.7 Å². The van der Waals surface area contributed by atoms with E-state index in [0.717, 1.165) is 27.9 Å². The maximum Gasteiger partial charge on any atom is 0.399 e.